The van der Waals surface area contributed by atoms with E-state index in [4.69, 9.17) is 0 Å². The standard InChI is InChI=1S/C15H23OP/c1-13(2)7-5-8-14(3)9-6-10-15(4)11-12-17-16/h7,9-12H,5-6,8H2,1-4H3/b12-11+,14-9+,15-10+. The van der Waals surface area contributed by atoms with Crippen molar-refractivity contribution in [3.63, 3.8) is 0 Å². The molecule has 17 heavy (non-hydrogen) atoms. The molecule has 0 saturated carbocycles. The molecule has 0 aromatic heterocycles. The monoisotopic (exact) mass is 250 g/mol. The Kier molecular flexibility index (Phi) is 9.66. The normalized spacial score (nSPS) is 13.4. The van der Waals surface area contributed by atoms with Gasteiger partial charge in [-0.25, -0.2) is 0 Å². The quantitative estimate of drug-likeness (QED) is 0.316. The third-order valence-corrected chi connectivity index (χ3v) is 2.67. The molecule has 0 radical (unpaired) electrons. The molecule has 0 aromatic carbocycles. The Bertz CT molecular complexity index is 342. The molecule has 0 saturated heterocycles. The first-order valence-electron chi connectivity index (χ1n) is 6.01. The summed E-state index contributed by atoms with van der Waals surface area (Å²) in [6.45, 7) is 8.46. The van der Waals surface area contributed by atoms with Crippen molar-refractivity contribution in [2.75, 3.05) is 0 Å². The predicted octanol–water partition coefficient (Wildman–Crippen LogP) is 5.82. The van der Waals surface area contributed by atoms with Gasteiger partial charge in [-0.15, -0.1) is 0 Å². The number of rotatable bonds is 7. The predicted molar refractivity (Wildman–Crippen MR) is 77.5 cm³/mol. The highest BCUT2D eigenvalue weighted by Gasteiger charge is 1.88. The van der Waals surface area contributed by atoms with Crippen LogP contribution in [0, 0.1) is 0 Å². The lowest BCUT2D eigenvalue weighted by atomic mass is 10.1. The van der Waals surface area contributed by atoms with Crippen molar-refractivity contribution in [3.8, 4) is 0 Å². The van der Waals surface area contributed by atoms with E-state index < -0.39 is 0 Å². The van der Waals surface area contributed by atoms with Crippen LogP contribution in [-0.2, 0) is 4.57 Å². The molecular formula is C15H23OP. The topological polar surface area (TPSA) is 17.1 Å². The van der Waals surface area contributed by atoms with Crippen LogP contribution in [0.2, 0.25) is 0 Å². The van der Waals surface area contributed by atoms with Crippen LogP contribution in [0.4, 0.5) is 0 Å². The Morgan fingerprint density at radius 2 is 1.76 bits per heavy atom. The van der Waals surface area contributed by atoms with Gasteiger partial charge in [-0.05, 0) is 47.0 Å². The zero-order chi connectivity index (χ0) is 13.1. The van der Waals surface area contributed by atoms with Gasteiger partial charge in [0.1, 0.15) is 0 Å². The third kappa shape index (κ3) is 11.3. The van der Waals surface area contributed by atoms with Gasteiger partial charge in [0.25, 0.3) is 0 Å². The molecular weight excluding hydrogens is 227 g/mol. The fourth-order valence-corrected chi connectivity index (χ4v) is 1.65. The van der Waals surface area contributed by atoms with Gasteiger partial charge >= 0.3 is 0 Å². The minimum absolute atomic E-state index is 0.0726. The van der Waals surface area contributed by atoms with Crippen molar-refractivity contribution < 1.29 is 4.57 Å². The van der Waals surface area contributed by atoms with Crippen LogP contribution in [0.1, 0.15) is 47.0 Å². The first-order valence-corrected chi connectivity index (χ1v) is 6.89. The molecule has 0 N–H and O–H groups in total. The maximum atomic E-state index is 10.2. The summed E-state index contributed by atoms with van der Waals surface area (Å²) in [4.78, 5) is 0. The molecule has 94 valence electrons. The highest BCUT2D eigenvalue weighted by molar-refractivity contribution is 7.27. The fraction of sp³-hybridized carbons (Fsp3) is 0.467. The molecule has 0 rings (SSSR count). The summed E-state index contributed by atoms with van der Waals surface area (Å²) in [5.74, 6) is 1.62. The SMILES string of the molecule is CC(C)=CCC/C(C)=C/C/C=C(C)/C=C/P=O. The van der Waals surface area contributed by atoms with E-state index in [9.17, 15) is 4.57 Å². The first-order chi connectivity index (χ1) is 8.06. The van der Waals surface area contributed by atoms with Gasteiger partial charge in [0.05, 0.1) is 0 Å². The molecule has 0 fully saturated rings. The van der Waals surface area contributed by atoms with Crippen LogP contribution < -0.4 is 0 Å². The molecule has 0 aliphatic heterocycles. The molecule has 0 aliphatic rings. The van der Waals surface area contributed by atoms with Crippen LogP contribution in [-0.4, -0.2) is 0 Å². The van der Waals surface area contributed by atoms with E-state index in [2.05, 4.69) is 39.0 Å². The Morgan fingerprint density at radius 3 is 2.35 bits per heavy atom. The smallest absolute Gasteiger partial charge is 0.184 e. The second-order valence-electron chi connectivity index (χ2n) is 4.48. The van der Waals surface area contributed by atoms with Gasteiger partial charge < -0.3 is 0 Å². The lowest BCUT2D eigenvalue weighted by molar-refractivity contribution is 0.603. The third-order valence-electron chi connectivity index (χ3n) is 2.40. The molecule has 0 aromatic rings. The molecule has 0 spiro atoms. The van der Waals surface area contributed by atoms with Gasteiger partial charge in [-0.2, -0.15) is 0 Å². The second-order valence-corrected chi connectivity index (χ2v) is 4.98. The maximum absolute atomic E-state index is 10.2. The van der Waals surface area contributed by atoms with Crippen LogP contribution in [0.15, 0.2) is 46.8 Å². The highest BCUT2D eigenvalue weighted by Crippen LogP contribution is 2.09. The summed E-state index contributed by atoms with van der Waals surface area (Å²) in [5.41, 5.74) is 3.97. The van der Waals surface area contributed by atoms with E-state index in [1.54, 1.807) is 5.82 Å². The second kappa shape index (κ2) is 10.2. The molecule has 0 unspecified atom stereocenters. The first kappa shape index (κ1) is 16.1. The Labute approximate surface area is 107 Å². The van der Waals surface area contributed by atoms with E-state index in [1.807, 2.05) is 13.0 Å². The Morgan fingerprint density at radius 1 is 1.06 bits per heavy atom. The maximum Gasteiger partial charge on any atom is 0.184 e. The van der Waals surface area contributed by atoms with Gasteiger partial charge in [0.15, 0.2) is 8.46 Å². The van der Waals surface area contributed by atoms with Gasteiger partial charge in [-0.3, -0.25) is 4.57 Å². The summed E-state index contributed by atoms with van der Waals surface area (Å²) in [6.07, 6.45) is 11.8. The number of hydrogen-bond acceptors (Lipinski definition) is 1. The average molecular weight is 250 g/mol. The van der Waals surface area contributed by atoms with Crippen LogP contribution in [0.5, 0.6) is 0 Å². The van der Waals surface area contributed by atoms with Crippen LogP contribution in [0.25, 0.3) is 0 Å². The average Bonchev–Trinajstić information content (AvgIpc) is 2.25. The largest absolute Gasteiger partial charge is 0.270 e. The zero-order valence-electron chi connectivity index (χ0n) is 11.4. The fourth-order valence-electron chi connectivity index (χ4n) is 1.35. The molecule has 1 nitrogen and oxygen atoms in total. The van der Waals surface area contributed by atoms with Gasteiger partial charge in [0.2, 0.25) is 0 Å². The van der Waals surface area contributed by atoms with Gasteiger partial charge in [-0.1, -0.05) is 41.0 Å². The van der Waals surface area contributed by atoms with E-state index in [0.717, 1.165) is 24.8 Å². The van der Waals surface area contributed by atoms with Crippen molar-refractivity contribution in [2.45, 2.75) is 47.0 Å². The summed E-state index contributed by atoms with van der Waals surface area (Å²) in [6, 6.07) is 0. The van der Waals surface area contributed by atoms with Crippen LogP contribution >= 0.6 is 8.46 Å². The molecule has 0 amide bonds. The molecule has 0 aliphatic carbocycles. The van der Waals surface area contributed by atoms with Crippen molar-refractivity contribution in [1.82, 2.24) is 0 Å². The van der Waals surface area contributed by atoms with Gasteiger partial charge in [0, 0.05) is 5.82 Å². The van der Waals surface area contributed by atoms with Crippen molar-refractivity contribution in [2.24, 2.45) is 0 Å². The number of hydrogen-bond donors (Lipinski definition) is 0. The van der Waals surface area contributed by atoms with E-state index in [-0.39, 0.29) is 8.46 Å². The molecule has 0 bridgehead atoms. The molecule has 2 heteroatoms. The Balaban J connectivity index is 4.02. The summed E-state index contributed by atoms with van der Waals surface area (Å²) >= 11 is 0. The minimum Gasteiger partial charge on any atom is -0.270 e. The molecule has 0 atom stereocenters. The highest BCUT2D eigenvalue weighted by atomic mass is 31.1. The van der Waals surface area contributed by atoms with Crippen molar-refractivity contribution in [3.05, 3.63) is 46.8 Å². The minimum atomic E-state index is 0.0726. The lowest BCUT2D eigenvalue weighted by Crippen LogP contribution is -1.77. The van der Waals surface area contributed by atoms with E-state index in [0.29, 0.717) is 0 Å². The summed E-state index contributed by atoms with van der Waals surface area (Å²) in [5, 5.41) is 0. The number of allylic oxidation sites excluding steroid dienone is 7. The summed E-state index contributed by atoms with van der Waals surface area (Å²) < 4.78 is 10.2. The van der Waals surface area contributed by atoms with E-state index >= 15 is 0 Å². The lowest BCUT2D eigenvalue weighted by Gasteiger charge is -1.98. The van der Waals surface area contributed by atoms with Crippen molar-refractivity contribution in [1.29, 1.82) is 0 Å². The van der Waals surface area contributed by atoms with Crippen LogP contribution in [0.3, 0.4) is 0 Å². The van der Waals surface area contributed by atoms with Crippen molar-refractivity contribution >= 4 is 8.46 Å². The molecule has 0 heterocycles. The van der Waals surface area contributed by atoms with E-state index in [1.165, 1.54) is 11.1 Å². The summed E-state index contributed by atoms with van der Waals surface area (Å²) in [7, 11) is 0.0726. The Hall–Kier alpha value is -0.940. The zero-order valence-corrected chi connectivity index (χ0v) is 12.3.